The highest BCUT2D eigenvalue weighted by Gasteiger charge is 2.37. The van der Waals surface area contributed by atoms with Crippen LogP contribution >= 0.6 is 11.6 Å². The largest absolute Gasteiger partial charge is 0.480 e. The highest BCUT2D eigenvalue weighted by atomic mass is 35.5. The van der Waals surface area contributed by atoms with Gasteiger partial charge in [-0.2, -0.15) is 13.2 Å². The van der Waals surface area contributed by atoms with E-state index in [1.165, 1.54) is 19.1 Å². The van der Waals surface area contributed by atoms with Crippen molar-refractivity contribution in [2.24, 2.45) is 0 Å². The van der Waals surface area contributed by atoms with Gasteiger partial charge in [-0.15, -0.1) is 0 Å². The van der Waals surface area contributed by atoms with Gasteiger partial charge in [-0.3, -0.25) is 4.79 Å². The monoisotopic (exact) mass is 339 g/mol. The maximum atomic E-state index is 12.3. The van der Waals surface area contributed by atoms with Crippen molar-refractivity contribution in [3.05, 3.63) is 29.3 Å². The Kier molecular flexibility index (Phi) is 6.04. The van der Waals surface area contributed by atoms with Crippen molar-refractivity contribution in [2.45, 2.75) is 31.7 Å². The number of carboxylic acid groups (broad SMARTS) is 1. The van der Waals surface area contributed by atoms with Crippen LogP contribution in [0.1, 0.15) is 13.3 Å². The molecule has 0 aliphatic heterocycles. The minimum Gasteiger partial charge on any atom is -0.480 e. The van der Waals surface area contributed by atoms with E-state index in [4.69, 9.17) is 21.4 Å². The van der Waals surface area contributed by atoms with Gasteiger partial charge in [0.25, 0.3) is 5.91 Å². The van der Waals surface area contributed by atoms with Crippen LogP contribution in [0, 0.1) is 0 Å². The molecule has 1 aromatic rings. The molecule has 0 saturated heterocycles. The third-order valence-electron chi connectivity index (χ3n) is 2.56. The van der Waals surface area contributed by atoms with E-state index in [0.29, 0.717) is 0 Å². The average molecular weight is 340 g/mol. The van der Waals surface area contributed by atoms with Gasteiger partial charge in [0.05, 0.1) is 11.4 Å². The molecular formula is C13H13ClF3NO4. The van der Waals surface area contributed by atoms with Gasteiger partial charge >= 0.3 is 12.1 Å². The summed E-state index contributed by atoms with van der Waals surface area (Å²) in [5.41, 5.74) is 0. The van der Waals surface area contributed by atoms with Crippen LogP contribution in [0.4, 0.5) is 13.2 Å². The number of halogens is 4. The Morgan fingerprint density at radius 1 is 1.36 bits per heavy atom. The first-order chi connectivity index (χ1) is 10.1. The second-order valence-corrected chi connectivity index (χ2v) is 4.82. The number of carboxylic acids is 1. The molecular weight excluding hydrogens is 327 g/mol. The van der Waals surface area contributed by atoms with Crippen LogP contribution in [-0.2, 0) is 9.59 Å². The minimum absolute atomic E-state index is 0.162. The number of carbonyl (C=O) groups excluding carboxylic acids is 1. The third kappa shape index (κ3) is 5.80. The average Bonchev–Trinajstić information content (AvgIpc) is 2.38. The number of rotatable bonds is 6. The van der Waals surface area contributed by atoms with Crippen molar-refractivity contribution in [2.75, 3.05) is 0 Å². The third-order valence-corrected chi connectivity index (χ3v) is 2.87. The lowest BCUT2D eigenvalue weighted by atomic mass is 10.2. The van der Waals surface area contributed by atoms with Gasteiger partial charge < -0.3 is 15.2 Å². The molecule has 0 heterocycles. The molecule has 9 heteroatoms. The predicted molar refractivity (Wildman–Crippen MR) is 71.8 cm³/mol. The second-order valence-electron chi connectivity index (χ2n) is 4.41. The molecule has 0 fully saturated rings. The van der Waals surface area contributed by atoms with Crippen molar-refractivity contribution in [3.63, 3.8) is 0 Å². The number of nitrogens with one attached hydrogen (secondary N) is 1. The molecule has 122 valence electrons. The molecule has 1 aromatic carbocycles. The molecule has 1 rings (SSSR count). The number of amides is 1. The number of carbonyl (C=O) groups is 2. The fraction of sp³-hybridized carbons (Fsp3) is 0.385. The van der Waals surface area contributed by atoms with Gasteiger partial charge in [-0.05, 0) is 19.1 Å². The van der Waals surface area contributed by atoms with E-state index in [9.17, 15) is 22.8 Å². The summed E-state index contributed by atoms with van der Waals surface area (Å²) in [5, 5.41) is 10.7. The fourth-order valence-electron chi connectivity index (χ4n) is 1.50. The van der Waals surface area contributed by atoms with Gasteiger partial charge in [-0.1, -0.05) is 23.7 Å². The summed E-state index contributed by atoms with van der Waals surface area (Å²) in [6, 6.07) is 4.12. The molecule has 2 unspecified atom stereocenters. The number of hydrogen-bond acceptors (Lipinski definition) is 3. The van der Waals surface area contributed by atoms with Crippen LogP contribution in [0.25, 0.3) is 0 Å². The van der Waals surface area contributed by atoms with Crippen LogP contribution in [-0.4, -0.2) is 35.3 Å². The van der Waals surface area contributed by atoms with E-state index in [-0.39, 0.29) is 10.8 Å². The van der Waals surface area contributed by atoms with Crippen LogP contribution in [0.3, 0.4) is 0 Å². The zero-order valence-electron chi connectivity index (χ0n) is 11.4. The molecule has 0 radical (unpaired) electrons. The van der Waals surface area contributed by atoms with E-state index >= 15 is 0 Å². The summed E-state index contributed by atoms with van der Waals surface area (Å²) in [4.78, 5) is 22.5. The van der Waals surface area contributed by atoms with Gasteiger partial charge in [0.2, 0.25) is 0 Å². The van der Waals surface area contributed by atoms with Crippen molar-refractivity contribution in [1.82, 2.24) is 5.32 Å². The molecule has 2 N–H and O–H groups in total. The molecule has 22 heavy (non-hydrogen) atoms. The first kappa shape index (κ1) is 18.1. The Morgan fingerprint density at radius 3 is 2.45 bits per heavy atom. The molecule has 0 spiro atoms. The van der Waals surface area contributed by atoms with Crippen LogP contribution < -0.4 is 10.1 Å². The number of alkyl halides is 3. The second kappa shape index (κ2) is 7.35. The van der Waals surface area contributed by atoms with Gasteiger partial charge in [0, 0.05) is 0 Å². The molecule has 0 bridgehead atoms. The van der Waals surface area contributed by atoms with Crippen LogP contribution in [0.15, 0.2) is 24.3 Å². The maximum absolute atomic E-state index is 12.3. The van der Waals surface area contributed by atoms with Crippen LogP contribution in [0.5, 0.6) is 5.75 Å². The summed E-state index contributed by atoms with van der Waals surface area (Å²) >= 11 is 5.82. The van der Waals surface area contributed by atoms with E-state index in [2.05, 4.69) is 0 Å². The molecule has 0 aromatic heterocycles. The standard InChI is InChI=1S/C13H13ClF3NO4/c1-7(22-10-5-3-2-4-8(10)14)11(19)18-9(12(20)21)6-13(15,16)17/h2-5,7,9H,6H2,1H3,(H,18,19)(H,20,21). The first-order valence-electron chi connectivity index (χ1n) is 6.11. The summed E-state index contributed by atoms with van der Waals surface area (Å²) in [6.07, 6.45) is -7.61. The fourth-order valence-corrected chi connectivity index (χ4v) is 1.69. The highest BCUT2D eigenvalue weighted by Crippen LogP contribution is 2.25. The number of para-hydroxylation sites is 1. The maximum Gasteiger partial charge on any atom is 0.391 e. The Balaban J connectivity index is 2.69. The van der Waals surface area contributed by atoms with Crippen LogP contribution in [0.2, 0.25) is 5.02 Å². The lowest BCUT2D eigenvalue weighted by Crippen LogP contribution is -2.48. The zero-order chi connectivity index (χ0) is 16.9. The SMILES string of the molecule is CC(Oc1ccccc1Cl)C(=O)NC(CC(F)(F)F)C(=O)O. The zero-order valence-corrected chi connectivity index (χ0v) is 12.1. The van der Waals surface area contributed by atoms with E-state index in [1.807, 2.05) is 0 Å². The van der Waals surface area contributed by atoms with E-state index in [0.717, 1.165) is 0 Å². The molecule has 2 atom stereocenters. The van der Waals surface area contributed by atoms with Gasteiger partial charge in [0.15, 0.2) is 6.10 Å². The Bertz CT molecular complexity index is 550. The Morgan fingerprint density at radius 2 is 1.95 bits per heavy atom. The highest BCUT2D eigenvalue weighted by molar-refractivity contribution is 6.32. The van der Waals surface area contributed by atoms with Gasteiger partial charge in [0.1, 0.15) is 11.8 Å². The van der Waals surface area contributed by atoms with Crippen molar-refractivity contribution < 1.29 is 32.6 Å². The van der Waals surface area contributed by atoms with E-state index < -0.39 is 36.6 Å². The molecule has 0 aliphatic carbocycles. The summed E-state index contributed by atoms with van der Waals surface area (Å²) < 4.78 is 42.0. The van der Waals surface area contributed by atoms with Crippen molar-refractivity contribution in [3.8, 4) is 5.75 Å². The topological polar surface area (TPSA) is 75.6 Å². The molecule has 0 aliphatic rings. The predicted octanol–water partition coefficient (Wildman–Crippen LogP) is 2.63. The van der Waals surface area contributed by atoms with Crippen molar-refractivity contribution >= 4 is 23.5 Å². The quantitative estimate of drug-likeness (QED) is 0.835. The molecule has 1 amide bonds. The summed E-state index contributed by atoms with van der Waals surface area (Å²) in [5.74, 6) is -2.61. The number of benzene rings is 1. The lowest BCUT2D eigenvalue weighted by Gasteiger charge is -2.20. The number of ether oxygens (including phenoxy) is 1. The lowest BCUT2D eigenvalue weighted by molar-refractivity contribution is -0.160. The number of aliphatic carboxylic acids is 1. The van der Waals surface area contributed by atoms with E-state index in [1.54, 1.807) is 17.4 Å². The normalized spacial score (nSPS) is 14.0. The first-order valence-corrected chi connectivity index (χ1v) is 6.49. The smallest absolute Gasteiger partial charge is 0.391 e. The molecule has 0 saturated carbocycles. The van der Waals surface area contributed by atoms with Gasteiger partial charge in [-0.25, -0.2) is 4.79 Å². The summed E-state index contributed by atoms with van der Waals surface area (Å²) in [6.45, 7) is 1.27. The summed E-state index contributed by atoms with van der Waals surface area (Å²) in [7, 11) is 0. The molecule has 5 nitrogen and oxygen atoms in total. The number of hydrogen-bond donors (Lipinski definition) is 2. The minimum atomic E-state index is -4.72. The van der Waals surface area contributed by atoms with Crippen molar-refractivity contribution in [1.29, 1.82) is 0 Å². The Hall–Kier alpha value is -1.96. The Labute approximate surface area is 129 Å².